The molecule has 2 aliphatic heterocycles. The number of carbonyl (C=O) groups is 1. The lowest BCUT2D eigenvalue weighted by Crippen LogP contribution is -2.48. The third-order valence-corrected chi connectivity index (χ3v) is 6.05. The highest BCUT2D eigenvalue weighted by Gasteiger charge is 2.26. The van der Waals surface area contributed by atoms with E-state index in [1.807, 2.05) is 18.2 Å². The van der Waals surface area contributed by atoms with Crippen LogP contribution in [0.15, 0.2) is 48.5 Å². The van der Waals surface area contributed by atoms with E-state index in [1.54, 1.807) is 17.0 Å². The normalized spacial score (nSPS) is 17.5. The maximum Gasteiger partial charge on any atom is 0.293 e. The molecule has 7 heteroatoms. The van der Waals surface area contributed by atoms with Gasteiger partial charge in [-0.3, -0.25) is 14.9 Å². The van der Waals surface area contributed by atoms with Gasteiger partial charge in [-0.25, -0.2) is 0 Å². The predicted molar refractivity (Wildman–Crippen MR) is 118 cm³/mol. The summed E-state index contributed by atoms with van der Waals surface area (Å²) in [6.07, 6.45) is 4.42. The molecule has 2 fully saturated rings. The Balaban J connectivity index is 1.47. The van der Waals surface area contributed by atoms with Crippen molar-refractivity contribution in [3.8, 4) is 0 Å². The van der Waals surface area contributed by atoms with Gasteiger partial charge < -0.3 is 14.7 Å². The summed E-state index contributed by atoms with van der Waals surface area (Å²) in [6.45, 7) is 4.38. The summed E-state index contributed by atoms with van der Waals surface area (Å²) in [7, 11) is 0. The van der Waals surface area contributed by atoms with E-state index in [1.165, 1.54) is 6.07 Å². The molecule has 1 amide bonds. The standard InChI is InChI=1S/C23H28N4O3/c28-23(26-16-14-24(15-17-26)20-8-4-3-5-9-20)19-10-11-21(22(18-19)27(29)30)25-12-6-1-2-7-13-25/h3-5,8-11,18H,1-2,6-7,12-17H2. The van der Waals surface area contributed by atoms with E-state index in [0.717, 1.165) is 57.5 Å². The van der Waals surface area contributed by atoms with Crippen LogP contribution in [0, 0.1) is 10.1 Å². The SMILES string of the molecule is O=C(c1ccc(N2CCCCCC2)c([N+](=O)[O-])c1)N1CCN(c2ccccc2)CC1. The highest BCUT2D eigenvalue weighted by atomic mass is 16.6. The van der Waals surface area contributed by atoms with Crippen LogP contribution in [0.4, 0.5) is 17.1 Å². The van der Waals surface area contributed by atoms with Crippen molar-refractivity contribution in [3.05, 3.63) is 64.2 Å². The predicted octanol–water partition coefficient (Wildman–Crippen LogP) is 3.94. The molecule has 2 heterocycles. The van der Waals surface area contributed by atoms with Gasteiger partial charge in [-0.05, 0) is 37.1 Å². The zero-order valence-corrected chi connectivity index (χ0v) is 17.2. The molecule has 2 aromatic carbocycles. The number of nitro groups is 1. The van der Waals surface area contributed by atoms with Crippen LogP contribution in [0.3, 0.4) is 0 Å². The molecule has 0 saturated carbocycles. The molecular formula is C23H28N4O3. The molecule has 0 spiro atoms. The van der Waals surface area contributed by atoms with Gasteiger partial charge >= 0.3 is 0 Å². The largest absolute Gasteiger partial charge is 0.368 e. The Morgan fingerprint density at radius 2 is 1.47 bits per heavy atom. The van der Waals surface area contributed by atoms with E-state index in [4.69, 9.17) is 0 Å². The second kappa shape index (κ2) is 9.15. The maximum atomic E-state index is 13.0. The molecule has 158 valence electrons. The third-order valence-electron chi connectivity index (χ3n) is 6.05. The Hall–Kier alpha value is -3.09. The summed E-state index contributed by atoms with van der Waals surface area (Å²) in [6, 6.07) is 15.1. The van der Waals surface area contributed by atoms with Gasteiger partial charge in [-0.1, -0.05) is 31.0 Å². The summed E-state index contributed by atoms with van der Waals surface area (Å²) >= 11 is 0. The molecule has 0 atom stereocenters. The number of amides is 1. The summed E-state index contributed by atoms with van der Waals surface area (Å²) < 4.78 is 0. The maximum absolute atomic E-state index is 13.0. The van der Waals surface area contributed by atoms with Crippen LogP contribution in [0.5, 0.6) is 0 Å². The van der Waals surface area contributed by atoms with Gasteiger partial charge in [-0.15, -0.1) is 0 Å². The third kappa shape index (κ3) is 4.40. The number of hydrogen-bond donors (Lipinski definition) is 0. The number of rotatable bonds is 4. The lowest BCUT2D eigenvalue weighted by Gasteiger charge is -2.36. The number of piperazine rings is 1. The number of para-hydroxylation sites is 1. The van der Waals surface area contributed by atoms with Crippen molar-refractivity contribution in [2.24, 2.45) is 0 Å². The van der Waals surface area contributed by atoms with Crippen molar-refractivity contribution in [2.45, 2.75) is 25.7 Å². The van der Waals surface area contributed by atoms with Crippen LogP contribution in [-0.4, -0.2) is 55.0 Å². The van der Waals surface area contributed by atoms with Crippen molar-refractivity contribution < 1.29 is 9.72 Å². The minimum absolute atomic E-state index is 0.0330. The number of nitro benzene ring substituents is 1. The zero-order chi connectivity index (χ0) is 20.9. The average Bonchev–Trinajstić information content (AvgIpc) is 3.08. The van der Waals surface area contributed by atoms with E-state index >= 15 is 0 Å². The molecule has 30 heavy (non-hydrogen) atoms. The van der Waals surface area contributed by atoms with Crippen LogP contribution in [0.25, 0.3) is 0 Å². The molecule has 0 aromatic heterocycles. The average molecular weight is 409 g/mol. The molecule has 4 rings (SSSR count). The summed E-state index contributed by atoms with van der Waals surface area (Å²) in [4.78, 5) is 30.6. The van der Waals surface area contributed by atoms with Crippen molar-refractivity contribution >= 4 is 23.0 Å². The first-order valence-corrected chi connectivity index (χ1v) is 10.8. The fourth-order valence-corrected chi connectivity index (χ4v) is 4.37. The minimum atomic E-state index is -0.357. The number of hydrogen-bond acceptors (Lipinski definition) is 5. The lowest BCUT2D eigenvalue weighted by atomic mass is 10.1. The van der Waals surface area contributed by atoms with Crippen molar-refractivity contribution in [3.63, 3.8) is 0 Å². The van der Waals surface area contributed by atoms with Crippen LogP contribution < -0.4 is 9.80 Å². The number of anilines is 2. The highest BCUT2D eigenvalue weighted by molar-refractivity contribution is 5.96. The van der Waals surface area contributed by atoms with Crippen LogP contribution in [-0.2, 0) is 0 Å². The van der Waals surface area contributed by atoms with Gasteiger partial charge in [0.15, 0.2) is 0 Å². The molecule has 2 saturated heterocycles. The van der Waals surface area contributed by atoms with Crippen LogP contribution in [0.1, 0.15) is 36.0 Å². The molecule has 0 radical (unpaired) electrons. The van der Waals surface area contributed by atoms with Gasteiger partial charge in [0, 0.05) is 56.6 Å². The van der Waals surface area contributed by atoms with E-state index in [-0.39, 0.29) is 16.5 Å². The van der Waals surface area contributed by atoms with Gasteiger partial charge in [0.05, 0.1) is 4.92 Å². The quantitative estimate of drug-likeness (QED) is 0.566. The molecular weight excluding hydrogens is 380 g/mol. The van der Waals surface area contributed by atoms with Gasteiger partial charge in [-0.2, -0.15) is 0 Å². The van der Waals surface area contributed by atoms with Crippen molar-refractivity contribution in [2.75, 3.05) is 49.1 Å². The van der Waals surface area contributed by atoms with Gasteiger partial charge in [0.2, 0.25) is 0 Å². The number of carbonyl (C=O) groups excluding carboxylic acids is 1. The monoisotopic (exact) mass is 408 g/mol. The fourth-order valence-electron chi connectivity index (χ4n) is 4.37. The van der Waals surface area contributed by atoms with Crippen LogP contribution >= 0.6 is 0 Å². The topological polar surface area (TPSA) is 69.9 Å². The van der Waals surface area contributed by atoms with E-state index in [9.17, 15) is 14.9 Å². The fraction of sp³-hybridized carbons (Fsp3) is 0.435. The molecule has 0 N–H and O–H groups in total. The first-order valence-electron chi connectivity index (χ1n) is 10.8. The first-order chi connectivity index (χ1) is 14.6. The molecule has 2 aliphatic rings. The smallest absolute Gasteiger partial charge is 0.293 e. The molecule has 0 bridgehead atoms. The second-order valence-electron chi connectivity index (χ2n) is 7.98. The van der Waals surface area contributed by atoms with E-state index < -0.39 is 0 Å². The Labute approximate surface area is 177 Å². The summed E-state index contributed by atoms with van der Waals surface area (Å²) in [5.74, 6) is -0.131. The Bertz CT molecular complexity index is 887. The van der Waals surface area contributed by atoms with Gasteiger partial charge in [0.1, 0.15) is 5.69 Å². The first kappa shape index (κ1) is 20.2. The molecule has 7 nitrogen and oxygen atoms in total. The number of nitrogens with zero attached hydrogens (tertiary/aromatic N) is 4. The zero-order valence-electron chi connectivity index (χ0n) is 17.2. The Morgan fingerprint density at radius 3 is 2.10 bits per heavy atom. The van der Waals surface area contributed by atoms with E-state index in [0.29, 0.717) is 24.3 Å². The summed E-state index contributed by atoms with van der Waals surface area (Å²) in [5.41, 5.74) is 2.22. The van der Waals surface area contributed by atoms with Gasteiger partial charge in [0.25, 0.3) is 11.6 Å². The minimum Gasteiger partial charge on any atom is -0.368 e. The molecule has 2 aromatic rings. The highest BCUT2D eigenvalue weighted by Crippen LogP contribution is 2.31. The number of benzene rings is 2. The van der Waals surface area contributed by atoms with E-state index in [2.05, 4.69) is 21.9 Å². The second-order valence-corrected chi connectivity index (χ2v) is 7.98. The van der Waals surface area contributed by atoms with Crippen molar-refractivity contribution in [1.82, 2.24) is 4.90 Å². The molecule has 0 aliphatic carbocycles. The Kier molecular flexibility index (Phi) is 6.16. The lowest BCUT2D eigenvalue weighted by molar-refractivity contribution is -0.384. The summed E-state index contributed by atoms with van der Waals surface area (Å²) in [5, 5.41) is 11.7. The van der Waals surface area contributed by atoms with Crippen molar-refractivity contribution in [1.29, 1.82) is 0 Å². The van der Waals surface area contributed by atoms with Crippen LogP contribution in [0.2, 0.25) is 0 Å². The molecule has 0 unspecified atom stereocenters. The Morgan fingerprint density at radius 1 is 0.800 bits per heavy atom.